The largest absolute Gasteiger partial charge is 0.389 e. The highest BCUT2D eigenvalue weighted by atomic mass is 32.1. The molecule has 1 atom stereocenters. The van der Waals surface area contributed by atoms with Gasteiger partial charge < -0.3 is 10.6 Å². The van der Waals surface area contributed by atoms with E-state index in [1.165, 1.54) is 0 Å². The van der Waals surface area contributed by atoms with Gasteiger partial charge in [-0.15, -0.1) is 0 Å². The Morgan fingerprint density at radius 2 is 2.17 bits per heavy atom. The number of nitrogens with zero attached hydrogens (tertiary/aromatic N) is 1. The van der Waals surface area contributed by atoms with Crippen molar-refractivity contribution in [1.82, 2.24) is 0 Å². The van der Waals surface area contributed by atoms with Crippen LogP contribution in [0.4, 0.5) is 5.69 Å². The van der Waals surface area contributed by atoms with Crippen molar-refractivity contribution in [3.8, 4) is 0 Å². The van der Waals surface area contributed by atoms with E-state index >= 15 is 0 Å². The Morgan fingerprint density at radius 1 is 1.50 bits per heavy atom. The Balaban J connectivity index is 2.89. The number of hydrogen-bond donors (Lipinski definition) is 1. The molecule has 1 aromatic rings. The van der Waals surface area contributed by atoms with Crippen molar-refractivity contribution in [2.45, 2.75) is 26.7 Å². The third-order valence-corrected chi connectivity index (χ3v) is 3.23. The molecule has 4 heteroatoms. The maximum atomic E-state index is 12.2. The van der Waals surface area contributed by atoms with E-state index < -0.39 is 0 Å². The summed E-state index contributed by atoms with van der Waals surface area (Å²) < 4.78 is 0. The van der Waals surface area contributed by atoms with Gasteiger partial charge in [-0.25, -0.2) is 0 Å². The molecule has 0 aliphatic heterocycles. The first kappa shape index (κ1) is 14.6. The molecule has 0 saturated heterocycles. The maximum Gasteiger partial charge on any atom is 0.229 e. The lowest BCUT2D eigenvalue weighted by Gasteiger charge is -2.21. The highest BCUT2D eigenvalue weighted by Gasteiger charge is 2.18. The summed E-state index contributed by atoms with van der Waals surface area (Å²) in [6.07, 6.45) is 1.91. The van der Waals surface area contributed by atoms with E-state index in [1.807, 2.05) is 31.2 Å². The molecule has 0 saturated carbocycles. The summed E-state index contributed by atoms with van der Waals surface area (Å²) in [6.45, 7) is 4.04. The molecule has 2 N–H and O–H groups in total. The van der Waals surface area contributed by atoms with Crippen molar-refractivity contribution >= 4 is 28.8 Å². The van der Waals surface area contributed by atoms with Gasteiger partial charge in [0.15, 0.2) is 0 Å². The fourth-order valence-electron chi connectivity index (χ4n) is 1.88. The van der Waals surface area contributed by atoms with E-state index in [0.29, 0.717) is 4.99 Å². The van der Waals surface area contributed by atoms with Crippen LogP contribution in [0.2, 0.25) is 0 Å². The topological polar surface area (TPSA) is 46.3 Å². The van der Waals surface area contributed by atoms with Crippen molar-refractivity contribution < 1.29 is 4.79 Å². The van der Waals surface area contributed by atoms with Gasteiger partial charge >= 0.3 is 0 Å². The van der Waals surface area contributed by atoms with Crippen LogP contribution in [0, 0.1) is 5.92 Å². The van der Waals surface area contributed by atoms with E-state index in [2.05, 4.69) is 6.92 Å². The van der Waals surface area contributed by atoms with Crippen LogP contribution in [0.5, 0.6) is 0 Å². The number of carbonyl (C=O) groups is 1. The van der Waals surface area contributed by atoms with Gasteiger partial charge in [0.2, 0.25) is 5.91 Å². The maximum absolute atomic E-state index is 12.2. The molecule has 0 aliphatic carbocycles. The van der Waals surface area contributed by atoms with Crippen LogP contribution in [-0.2, 0) is 4.79 Å². The first-order chi connectivity index (χ1) is 8.47. The van der Waals surface area contributed by atoms with Crippen molar-refractivity contribution in [3.63, 3.8) is 0 Å². The highest BCUT2D eigenvalue weighted by molar-refractivity contribution is 7.80. The molecule has 0 spiro atoms. The van der Waals surface area contributed by atoms with Crippen LogP contribution in [0.25, 0.3) is 0 Å². The Kier molecular flexibility index (Phi) is 5.28. The van der Waals surface area contributed by atoms with Gasteiger partial charge in [-0.05, 0) is 18.6 Å². The smallest absolute Gasteiger partial charge is 0.229 e. The summed E-state index contributed by atoms with van der Waals surface area (Å²) in [7, 11) is 1.78. The van der Waals surface area contributed by atoms with Crippen LogP contribution in [0.1, 0.15) is 32.3 Å². The molecule has 1 amide bonds. The molecule has 0 aliphatic rings. The second kappa shape index (κ2) is 6.50. The lowest BCUT2D eigenvalue weighted by Crippen LogP contribution is -2.31. The van der Waals surface area contributed by atoms with Gasteiger partial charge in [0.05, 0.1) is 0 Å². The van der Waals surface area contributed by atoms with E-state index in [1.54, 1.807) is 11.9 Å². The minimum atomic E-state index is 0.0356. The average molecular weight is 264 g/mol. The van der Waals surface area contributed by atoms with Gasteiger partial charge in [-0.3, -0.25) is 4.79 Å². The summed E-state index contributed by atoms with van der Waals surface area (Å²) in [5.41, 5.74) is 7.20. The first-order valence-corrected chi connectivity index (χ1v) is 6.55. The van der Waals surface area contributed by atoms with Gasteiger partial charge in [-0.2, -0.15) is 0 Å². The highest BCUT2D eigenvalue weighted by Crippen LogP contribution is 2.18. The molecule has 0 aromatic heterocycles. The molecule has 18 heavy (non-hydrogen) atoms. The van der Waals surface area contributed by atoms with Crippen LogP contribution in [0.15, 0.2) is 24.3 Å². The van der Waals surface area contributed by atoms with Gasteiger partial charge in [0.25, 0.3) is 0 Å². The zero-order valence-electron chi connectivity index (χ0n) is 11.1. The lowest BCUT2D eigenvalue weighted by atomic mass is 10.0. The zero-order valence-corrected chi connectivity index (χ0v) is 12.0. The predicted molar refractivity (Wildman–Crippen MR) is 79.8 cm³/mol. The summed E-state index contributed by atoms with van der Waals surface area (Å²) in [6, 6.07) is 7.44. The fraction of sp³-hybridized carbons (Fsp3) is 0.429. The Labute approximate surface area is 114 Å². The molecule has 0 heterocycles. The van der Waals surface area contributed by atoms with Crippen molar-refractivity contribution in [3.05, 3.63) is 29.8 Å². The second-order valence-corrected chi connectivity index (χ2v) is 4.94. The van der Waals surface area contributed by atoms with Crippen molar-refractivity contribution in [1.29, 1.82) is 0 Å². The number of rotatable bonds is 5. The predicted octanol–water partition coefficient (Wildman–Crippen LogP) is 2.72. The Morgan fingerprint density at radius 3 is 2.72 bits per heavy atom. The van der Waals surface area contributed by atoms with Gasteiger partial charge in [0, 0.05) is 24.2 Å². The molecule has 98 valence electrons. The number of hydrogen-bond acceptors (Lipinski definition) is 2. The molecule has 0 bridgehead atoms. The van der Waals surface area contributed by atoms with Crippen molar-refractivity contribution in [2.75, 3.05) is 11.9 Å². The third kappa shape index (κ3) is 3.53. The van der Waals surface area contributed by atoms with E-state index in [-0.39, 0.29) is 11.8 Å². The number of benzene rings is 1. The number of anilines is 1. The summed E-state index contributed by atoms with van der Waals surface area (Å²) in [5.74, 6) is 0.158. The number of amides is 1. The summed E-state index contributed by atoms with van der Waals surface area (Å²) >= 11 is 4.94. The quantitative estimate of drug-likeness (QED) is 0.832. The second-order valence-electron chi connectivity index (χ2n) is 4.50. The third-order valence-electron chi connectivity index (χ3n) is 2.99. The van der Waals surface area contributed by atoms with E-state index in [4.69, 9.17) is 18.0 Å². The number of carbonyl (C=O) groups excluding carboxylic acids is 1. The van der Waals surface area contributed by atoms with E-state index in [9.17, 15) is 4.79 Å². The standard InChI is InChI=1S/C14H20N2OS/c1-4-6-10(2)14(17)16(3)12-8-5-7-11(9-12)13(15)18/h5,7-10H,4,6H2,1-3H3,(H2,15,18). The Hall–Kier alpha value is -1.42. The minimum Gasteiger partial charge on any atom is -0.389 e. The number of thiocarbonyl (C=S) groups is 1. The number of nitrogens with two attached hydrogens (primary N) is 1. The summed E-state index contributed by atoms with van der Waals surface area (Å²) in [4.78, 5) is 14.2. The van der Waals surface area contributed by atoms with Crippen LogP contribution < -0.4 is 10.6 Å². The van der Waals surface area contributed by atoms with Crippen LogP contribution in [-0.4, -0.2) is 17.9 Å². The Bertz CT molecular complexity index is 445. The van der Waals surface area contributed by atoms with Crippen LogP contribution >= 0.6 is 12.2 Å². The molecule has 1 aromatic carbocycles. The molecule has 1 unspecified atom stereocenters. The van der Waals surface area contributed by atoms with E-state index in [0.717, 1.165) is 24.1 Å². The SMILES string of the molecule is CCCC(C)C(=O)N(C)c1cccc(C(N)=S)c1. The lowest BCUT2D eigenvalue weighted by molar-refractivity contribution is -0.121. The fourth-order valence-corrected chi connectivity index (χ4v) is 2.01. The molecule has 0 fully saturated rings. The van der Waals surface area contributed by atoms with Crippen LogP contribution in [0.3, 0.4) is 0 Å². The molecule has 0 radical (unpaired) electrons. The monoisotopic (exact) mass is 264 g/mol. The molecule has 3 nitrogen and oxygen atoms in total. The normalized spacial score (nSPS) is 11.9. The van der Waals surface area contributed by atoms with Crippen molar-refractivity contribution in [2.24, 2.45) is 11.7 Å². The van der Waals surface area contributed by atoms with Gasteiger partial charge in [-0.1, -0.05) is 44.6 Å². The summed E-state index contributed by atoms with van der Waals surface area (Å²) in [5, 5.41) is 0. The zero-order chi connectivity index (χ0) is 13.7. The molecule has 1 rings (SSSR count). The minimum absolute atomic E-state index is 0.0356. The van der Waals surface area contributed by atoms with Gasteiger partial charge in [0.1, 0.15) is 4.99 Å². The first-order valence-electron chi connectivity index (χ1n) is 6.14. The average Bonchev–Trinajstić information content (AvgIpc) is 2.37. The molecular formula is C14H20N2OS. The molecular weight excluding hydrogens is 244 g/mol.